The zero-order valence-electron chi connectivity index (χ0n) is 16.5. The number of hydrogen-bond donors (Lipinski definition) is 2. The Balaban J connectivity index is 1.74. The Kier molecular flexibility index (Phi) is 6.64. The Morgan fingerprint density at radius 1 is 1.23 bits per heavy atom. The van der Waals surface area contributed by atoms with Crippen molar-refractivity contribution in [2.24, 2.45) is 0 Å². The van der Waals surface area contributed by atoms with E-state index in [1.165, 1.54) is 16.9 Å². The van der Waals surface area contributed by atoms with Crippen molar-refractivity contribution in [3.05, 3.63) is 52.6 Å². The van der Waals surface area contributed by atoms with E-state index < -0.39 is 36.1 Å². The molecule has 2 heterocycles. The van der Waals surface area contributed by atoms with Crippen molar-refractivity contribution in [3.8, 4) is 0 Å². The number of aliphatic hydroxyl groups excluding tert-OH is 1. The van der Waals surface area contributed by atoms with Crippen LogP contribution in [-0.4, -0.2) is 34.0 Å². The van der Waals surface area contributed by atoms with Crippen LogP contribution in [-0.2, 0) is 24.1 Å². The van der Waals surface area contributed by atoms with Crippen LogP contribution in [0.2, 0.25) is 0 Å². The molecule has 6 nitrogen and oxygen atoms in total. The molecule has 1 unspecified atom stereocenters. The number of aromatic nitrogens is 2. The number of piperidine rings is 1. The van der Waals surface area contributed by atoms with Crippen molar-refractivity contribution in [2.75, 3.05) is 18.1 Å². The van der Waals surface area contributed by atoms with Crippen molar-refractivity contribution in [1.82, 2.24) is 15.2 Å². The van der Waals surface area contributed by atoms with E-state index in [1.54, 1.807) is 18.0 Å². The minimum absolute atomic E-state index is 0.122. The van der Waals surface area contributed by atoms with E-state index in [2.05, 4.69) is 10.4 Å². The van der Waals surface area contributed by atoms with Crippen LogP contribution in [0, 0.1) is 5.82 Å². The lowest BCUT2D eigenvalue weighted by Gasteiger charge is -2.30. The number of nitrogens with zero attached hydrogens (tertiary/aromatic N) is 3. The summed E-state index contributed by atoms with van der Waals surface area (Å²) in [4.78, 5) is 13.8. The van der Waals surface area contributed by atoms with Crippen molar-refractivity contribution in [1.29, 1.82) is 0 Å². The second kappa shape index (κ2) is 9.03. The minimum Gasteiger partial charge on any atom is -0.392 e. The highest BCUT2D eigenvalue weighted by Gasteiger charge is 2.35. The lowest BCUT2D eigenvalue weighted by molar-refractivity contribution is -0.141. The molecule has 1 aromatic heterocycles. The molecule has 0 bridgehead atoms. The largest absolute Gasteiger partial charge is 0.435 e. The van der Waals surface area contributed by atoms with Gasteiger partial charge in [-0.3, -0.25) is 9.80 Å². The summed E-state index contributed by atoms with van der Waals surface area (Å²) >= 11 is 0. The van der Waals surface area contributed by atoms with Crippen LogP contribution in [0.5, 0.6) is 0 Å². The standard InChI is InChI=1S/C20H24F4N4O2/c1-13(14-5-6-15(12-29)17(21)9-14)19(30)25-11-16-10-18(20(22,23)24)26-28(16)27-7-3-2-4-8-27/h5-6,9-10,13,29H,2-4,7-8,11-12H2,1H3,(H,25,30). The number of hydrogen-bond acceptors (Lipinski definition) is 4. The van der Waals surface area contributed by atoms with Gasteiger partial charge in [0.05, 0.1) is 24.8 Å². The van der Waals surface area contributed by atoms with Crippen LogP contribution in [0.15, 0.2) is 24.3 Å². The van der Waals surface area contributed by atoms with Gasteiger partial charge in [0.1, 0.15) is 5.82 Å². The quantitative estimate of drug-likeness (QED) is 0.694. The van der Waals surface area contributed by atoms with Gasteiger partial charge in [-0.1, -0.05) is 12.1 Å². The predicted octanol–water partition coefficient (Wildman–Crippen LogP) is 3.08. The first-order valence-electron chi connectivity index (χ1n) is 9.79. The van der Waals surface area contributed by atoms with Gasteiger partial charge in [0, 0.05) is 18.7 Å². The fourth-order valence-electron chi connectivity index (χ4n) is 3.43. The van der Waals surface area contributed by atoms with Crippen molar-refractivity contribution in [3.63, 3.8) is 0 Å². The van der Waals surface area contributed by atoms with Gasteiger partial charge in [-0.25, -0.2) is 4.39 Å². The van der Waals surface area contributed by atoms with E-state index in [1.807, 2.05) is 0 Å². The molecule has 1 aromatic carbocycles. The highest BCUT2D eigenvalue weighted by Crippen LogP contribution is 2.29. The van der Waals surface area contributed by atoms with Gasteiger partial charge >= 0.3 is 6.18 Å². The summed E-state index contributed by atoms with van der Waals surface area (Å²) in [6, 6.07) is 5.05. The molecular formula is C20H24F4N4O2. The normalized spacial score (nSPS) is 15.9. The molecule has 0 radical (unpaired) electrons. The van der Waals surface area contributed by atoms with Crippen molar-refractivity contribution >= 4 is 5.91 Å². The highest BCUT2D eigenvalue weighted by molar-refractivity contribution is 5.83. The Labute approximate surface area is 171 Å². The van der Waals surface area contributed by atoms with Crippen LogP contribution in [0.25, 0.3) is 0 Å². The maximum Gasteiger partial charge on any atom is 0.435 e. The zero-order chi connectivity index (χ0) is 21.9. The lowest BCUT2D eigenvalue weighted by Crippen LogP contribution is -2.42. The highest BCUT2D eigenvalue weighted by atomic mass is 19.4. The van der Waals surface area contributed by atoms with E-state index in [-0.39, 0.29) is 17.8 Å². The van der Waals surface area contributed by atoms with Gasteiger partial charge in [-0.2, -0.15) is 18.0 Å². The third-order valence-corrected chi connectivity index (χ3v) is 5.24. The van der Waals surface area contributed by atoms with Crippen LogP contribution >= 0.6 is 0 Å². The molecule has 30 heavy (non-hydrogen) atoms. The molecule has 0 spiro atoms. The van der Waals surface area contributed by atoms with E-state index in [0.29, 0.717) is 18.7 Å². The number of amides is 1. The van der Waals surface area contributed by atoms with E-state index in [0.717, 1.165) is 25.3 Å². The molecular weight excluding hydrogens is 404 g/mol. The third-order valence-electron chi connectivity index (χ3n) is 5.24. The number of alkyl halides is 3. The van der Waals surface area contributed by atoms with Gasteiger partial charge in [0.25, 0.3) is 0 Å². The summed E-state index contributed by atoms with van der Waals surface area (Å²) in [5, 5.41) is 17.1. The first-order valence-corrected chi connectivity index (χ1v) is 9.79. The predicted molar refractivity (Wildman–Crippen MR) is 102 cm³/mol. The molecule has 1 aliphatic rings. The van der Waals surface area contributed by atoms with Crippen LogP contribution in [0.3, 0.4) is 0 Å². The first-order chi connectivity index (χ1) is 14.2. The van der Waals surface area contributed by atoms with Gasteiger partial charge < -0.3 is 10.4 Å². The second-order valence-corrected chi connectivity index (χ2v) is 7.37. The number of rotatable bonds is 6. The van der Waals surface area contributed by atoms with E-state index in [4.69, 9.17) is 5.11 Å². The number of carbonyl (C=O) groups excluding carboxylic acids is 1. The fourth-order valence-corrected chi connectivity index (χ4v) is 3.43. The number of carbonyl (C=O) groups is 1. The average molecular weight is 428 g/mol. The molecule has 1 amide bonds. The molecule has 1 aliphatic heterocycles. The molecule has 0 saturated carbocycles. The van der Waals surface area contributed by atoms with Crippen LogP contribution < -0.4 is 10.3 Å². The number of aliphatic hydroxyl groups is 1. The minimum atomic E-state index is -4.58. The summed E-state index contributed by atoms with van der Waals surface area (Å²) in [7, 11) is 0. The maximum atomic E-state index is 13.9. The Morgan fingerprint density at radius 2 is 1.93 bits per heavy atom. The van der Waals surface area contributed by atoms with Crippen LogP contribution in [0.4, 0.5) is 17.6 Å². The molecule has 1 fully saturated rings. The molecule has 0 aliphatic carbocycles. The van der Waals surface area contributed by atoms with Crippen molar-refractivity contribution in [2.45, 2.75) is 51.4 Å². The molecule has 2 aromatic rings. The smallest absolute Gasteiger partial charge is 0.392 e. The van der Waals surface area contributed by atoms with Crippen molar-refractivity contribution < 1.29 is 27.5 Å². The first kappa shape index (κ1) is 22.1. The Bertz CT molecular complexity index is 891. The fraction of sp³-hybridized carbons (Fsp3) is 0.500. The molecule has 164 valence electrons. The zero-order valence-corrected chi connectivity index (χ0v) is 16.5. The molecule has 3 rings (SSSR count). The average Bonchev–Trinajstić information content (AvgIpc) is 3.17. The number of halogens is 4. The van der Waals surface area contributed by atoms with E-state index in [9.17, 15) is 22.4 Å². The number of benzene rings is 1. The monoisotopic (exact) mass is 428 g/mol. The molecule has 10 heteroatoms. The molecule has 2 N–H and O–H groups in total. The van der Waals surface area contributed by atoms with Gasteiger partial charge in [0.15, 0.2) is 5.69 Å². The molecule has 1 saturated heterocycles. The van der Waals surface area contributed by atoms with Crippen LogP contribution in [0.1, 0.15) is 54.6 Å². The van der Waals surface area contributed by atoms with Gasteiger partial charge in [-0.15, -0.1) is 5.10 Å². The number of nitrogens with one attached hydrogen (secondary N) is 1. The van der Waals surface area contributed by atoms with E-state index >= 15 is 0 Å². The Morgan fingerprint density at radius 3 is 2.53 bits per heavy atom. The van der Waals surface area contributed by atoms with Gasteiger partial charge in [-0.05, 0) is 43.9 Å². The third kappa shape index (κ3) is 4.92. The summed E-state index contributed by atoms with van der Waals surface area (Å²) in [6.45, 7) is 2.17. The Hall–Kier alpha value is -2.62. The summed E-state index contributed by atoms with van der Waals surface area (Å²) in [5.41, 5.74) is -0.252. The SMILES string of the molecule is CC(C(=O)NCc1cc(C(F)(F)F)nn1N1CCCCC1)c1ccc(CO)c(F)c1. The summed E-state index contributed by atoms with van der Waals surface area (Å²) in [5.74, 6) is -1.79. The molecule has 1 atom stereocenters. The van der Waals surface area contributed by atoms with Gasteiger partial charge in [0.2, 0.25) is 5.91 Å². The topological polar surface area (TPSA) is 70.4 Å². The second-order valence-electron chi connectivity index (χ2n) is 7.37. The lowest BCUT2D eigenvalue weighted by atomic mass is 9.98. The summed E-state index contributed by atoms with van der Waals surface area (Å²) in [6.07, 6.45) is -1.85. The maximum absolute atomic E-state index is 13.9. The summed E-state index contributed by atoms with van der Waals surface area (Å²) < 4.78 is 53.4.